The summed E-state index contributed by atoms with van der Waals surface area (Å²) >= 11 is 7.85. The van der Waals surface area contributed by atoms with Gasteiger partial charge in [0.2, 0.25) is 0 Å². The SMILES string of the molecule is O=C(Nc1ccccc1Cl)N(CCc1nc2ccccc2[nH]1)SC1CCCC1. The number of aromatic nitrogens is 2. The number of nitrogens with one attached hydrogen (secondary N) is 2. The van der Waals surface area contributed by atoms with Crippen molar-refractivity contribution in [3.63, 3.8) is 0 Å². The van der Waals surface area contributed by atoms with Gasteiger partial charge in [-0.3, -0.25) is 4.31 Å². The number of imidazole rings is 1. The van der Waals surface area contributed by atoms with E-state index in [0.29, 0.717) is 28.9 Å². The number of H-pyrrole nitrogens is 1. The van der Waals surface area contributed by atoms with Gasteiger partial charge in [0, 0.05) is 18.2 Å². The predicted octanol–water partition coefficient (Wildman–Crippen LogP) is 5.88. The van der Waals surface area contributed by atoms with Crippen molar-refractivity contribution in [2.45, 2.75) is 37.4 Å². The van der Waals surface area contributed by atoms with E-state index >= 15 is 0 Å². The lowest BCUT2D eigenvalue weighted by Gasteiger charge is -2.24. The first kappa shape index (κ1) is 19.2. The van der Waals surface area contributed by atoms with Gasteiger partial charge in [0.15, 0.2) is 0 Å². The van der Waals surface area contributed by atoms with Gasteiger partial charge in [0.05, 0.1) is 21.7 Å². The van der Waals surface area contributed by atoms with Crippen LogP contribution >= 0.6 is 23.5 Å². The summed E-state index contributed by atoms with van der Waals surface area (Å²) in [5.41, 5.74) is 2.61. The third-order valence-corrected chi connectivity index (χ3v) is 6.61. The fourth-order valence-electron chi connectivity index (χ4n) is 3.45. The van der Waals surface area contributed by atoms with E-state index in [4.69, 9.17) is 11.6 Å². The molecule has 0 unspecified atom stereocenters. The van der Waals surface area contributed by atoms with Crippen LogP contribution in [0, 0.1) is 0 Å². The number of rotatable bonds is 6. The van der Waals surface area contributed by atoms with Crippen molar-refractivity contribution in [1.82, 2.24) is 14.3 Å². The summed E-state index contributed by atoms with van der Waals surface area (Å²) in [5, 5.41) is 3.98. The average molecular weight is 415 g/mol. The molecular weight excluding hydrogens is 392 g/mol. The normalized spacial score (nSPS) is 14.5. The Bertz CT molecular complexity index is 921. The van der Waals surface area contributed by atoms with Gasteiger partial charge in [-0.05, 0) is 49.1 Å². The molecule has 2 aromatic carbocycles. The number of urea groups is 1. The largest absolute Gasteiger partial charge is 0.342 e. The third kappa shape index (κ3) is 4.62. The van der Waals surface area contributed by atoms with Crippen LogP contribution in [0.5, 0.6) is 0 Å². The number of amides is 2. The molecule has 1 saturated carbocycles. The zero-order valence-corrected chi connectivity index (χ0v) is 17.1. The third-order valence-electron chi connectivity index (χ3n) is 4.91. The number of anilines is 1. The summed E-state index contributed by atoms with van der Waals surface area (Å²) in [7, 11) is 0. The van der Waals surface area contributed by atoms with E-state index in [0.717, 1.165) is 29.7 Å². The molecule has 0 spiro atoms. The Kier molecular flexibility index (Phi) is 6.07. The summed E-state index contributed by atoms with van der Waals surface area (Å²) in [4.78, 5) is 20.9. The van der Waals surface area contributed by atoms with E-state index in [1.165, 1.54) is 12.8 Å². The maximum absolute atomic E-state index is 13.0. The Morgan fingerprint density at radius 3 is 2.71 bits per heavy atom. The monoisotopic (exact) mass is 414 g/mol. The first-order valence-electron chi connectivity index (χ1n) is 9.62. The molecule has 7 heteroatoms. The first-order valence-corrected chi connectivity index (χ1v) is 10.8. The molecule has 0 saturated heterocycles. The minimum Gasteiger partial charge on any atom is -0.342 e. The average Bonchev–Trinajstić information content (AvgIpc) is 3.36. The smallest absolute Gasteiger partial charge is 0.331 e. The van der Waals surface area contributed by atoms with E-state index in [2.05, 4.69) is 15.3 Å². The van der Waals surface area contributed by atoms with Gasteiger partial charge in [-0.2, -0.15) is 0 Å². The molecule has 1 aromatic heterocycles. The highest BCUT2D eigenvalue weighted by atomic mass is 35.5. The highest BCUT2D eigenvalue weighted by Crippen LogP contribution is 2.32. The molecule has 4 rings (SSSR count). The molecule has 28 heavy (non-hydrogen) atoms. The van der Waals surface area contributed by atoms with Crippen molar-refractivity contribution in [2.24, 2.45) is 0 Å². The van der Waals surface area contributed by atoms with Crippen LogP contribution in [-0.4, -0.2) is 32.1 Å². The lowest BCUT2D eigenvalue weighted by molar-refractivity contribution is 0.238. The number of benzene rings is 2. The van der Waals surface area contributed by atoms with E-state index in [1.807, 2.05) is 46.8 Å². The molecule has 3 aromatic rings. The summed E-state index contributed by atoms with van der Waals surface area (Å²) in [6.45, 7) is 0.581. The first-order chi connectivity index (χ1) is 13.7. The maximum atomic E-state index is 13.0. The fourth-order valence-corrected chi connectivity index (χ4v) is 4.87. The standard InChI is InChI=1S/C21H23ClN4OS/c22-16-9-3-4-10-17(16)25-21(27)26(28-15-7-1-2-8-15)14-13-20-23-18-11-5-6-12-19(18)24-20/h3-6,9-12,15H,1-2,7-8,13-14H2,(H,23,24)(H,25,27). The molecule has 2 N–H and O–H groups in total. The Hall–Kier alpha value is -2.18. The highest BCUT2D eigenvalue weighted by molar-refractivity contribution is 7.98. The van der Waals surface area contributed by atoms with Crippen LogP contribution < -0.4 is 5.32 Å². The lowest BCUT2D eigenvalue weighted by atomic mass is 10.3. The van der Waals surface area contributed by atoms with Crippen LogP contribution in [0.1, 0.15) is 31.5 Å². The molecule has 1 aliphatic rings. The van der Waals surface area contributed by atoms with Crippen molar-refractivity contribution in [2.75, 3.05) is 11.9 Å². The van der Waals surface area contributed by atoms with Gasteiger partial charge in [0.25, 0.3) is 0 Å². The van der Waals surface area contributed by atoms with Crippen LogP contribution in [-0.2, 0) is 6.42 Å². The van der Waals surface area contributed by atoms with Crippen LogP contribution in [0.3, 0.4) is 0 Å². The van der Waals surface area contributed by atoms with E-state index in [1.54, 1.807) is 18.0 Å². The van der Waals surface area contributed by atoms with Crippen molar-refractivity contribution >= 4 is 46.3 Å². The maximum Gasteiger partial charge on any atom is 0.331 e. The molecule has 0 bridgehead atoms. The second-order valence-electron chi connectivity index (χ2n) is 6.97. The second-order valence-corrected chi connectivity index (χ2v) is 8.70. The molecule has 0 radical (unpaired) electrons. The number of hydrogen-bond acceptors (Lipinski definition) is 3. The minimum atomic E-state index is -0.138. The van der Waals surface area contributed by atoms with Gasteiger partial charge in [-0.1, -0.05) is 48.7 Å². The molecule has 1 aliphatic carbocycles. The Morgan fingerprint density at radius 1 is 1.18 bits per heavy atom. The second kappa shape index (κ2) is 8.88. The molecule has 5 nitrogen and oxygen atoms in total. The number of halogens is 1. The molecule has 2 amide bonds. The van der Waals surface area contributed by atoms with Gasteiger partial charge >= 0.3 is 6.03 Å². The summed E-state index contributed by atoms with van der Waals surface area (Å²) < 4.78 is 1.83. The van der Waals surface area contributed by atoms with Crippen LogP contribution in [0.25, 0.3) is 11.0 Å². The lowest BCUT2D eigenvalue weighted by Crippen LogP contribution is -2.33. The van der Waals surface area contributed by atoms with Gasteiger partial charge in [-0.25, -0.2) is 9.78 Å². The van der Waals surface area contributed by atoms with Crippen molar-refractivity contribution in [3.05, 3.63) is 59.4 Å². The quantitative estimate of drug-likeness (QED) is 0.495. The van der Waals surface area contributed by atoms with Crippen molar-refractivity contribution in [3.8, 4) is 0 Å². The number of fused-ring (bicyclic) bond motifs is 1. The van der Waals surface area contributed by atoms with Crippen LogP contribution in [0.4, 0.5) is 10.5 Å². The van der Waals surface area contributed by atoms with E-state index < -0.39 is 0 Å². The van der Waals surface area contributed by atoms with E-state index in [9.17, 15) is 4.79 Å². The van der Waals surface area contributed by atoms with Gasteiger partial charge in [-0.15, -0.1) is 0 Å². The Morgan fingerprint density at radius 2 is 1.93 bits per heavy atom. The predicted molar refractivity (Wildman–Crippen MR) is 117 cm³/mol. The van der Waals surface area contributed by atoms with Gasteiger partial charge in [0.1, 0.15) is 5.82 Å². The number of carbonyl (C=O) groups is 1. The van der Waals surface area contributed by atoms with Gasteiger partial charge < -0.3 is 10.3 Å². The number of hydrogen-bond donors (Lipinski definition) is 2. The minimum absolute atomic E-state index is 0.138. The molecule has 146 valence electrons. The zero-order chi connectivity index (χ0) is 19.3. The van der Waals surface area contributed by atoms with Crippen LogP contribution in [0.15, 0.2) is 48.5 Å². The van der Waals surface area contributed by atoms with Crippen molar-refractivity contribution < 1.29 is 4.79 Å². The highest BCUT2D eigenvalue weighted by Gasteiger charge is 2.23. The zero-order valence-electron chi connectivity index (χ0n) is 15.5. The molecule has 0 atom stereocenters. The molecule has 1 fully saturated rings. The Balaban J connectivity index is 1.45. The number of para-hydroxylation sites is 3. The van der Waals surface area contributed by atoms with E-state index in [-0.39, 0.29) is 6.03 Å². The summed E-state index contributed by atoms with van der Waals surface area (Å²) in [5.74, 6) is 0.892. The number of aromatic amines is 1. The van der Waals surface area contributed by atoms with Crippen molar-refractivity contribution in [1.29, 1.82) is 0 Å². The topological polar surface area (TPSA) is 61.0 Å². The molecule has 1 heterocycles. The number of nitrogens with zero attached hydrogens (tertiary/aromatic N) is 2. The summed E-state index contributed by atoms with van der Waals surface area (Å²) in [6.07, 6.45) is 5.46. The number of carbonyl (C=O) groups excluding carboxylic acids is 1. The molecule has 0 aliphatic heterocycles. The fraction of sp³-hybridized carbons (Fsp3) is 0.333. The Labute approximate surface area is 174 Å². The molecular formula is C21H23ClN4OS. The summed E-state index contributed by atoms with van der Waals surface area (Å²) in [6, 6.07) is 15.1. The van der Waals surface area contributed by atoms with Crippen LogP contribution in [0.2, 0.25) is 5.02 Å².